The summed E-state index contributed by atoms with van der Waals surface area (Å²) in [4.78, 5) is 12.9. The molecule has 0 fully saturated rings. The van der Waals surface area contributed by atoms with Crippen molar-refractivity contribution >= 4 is 27.2 Å². The van der Waals surface area contributed by atoms with Gasteiger partial charge in [0.15, 0.2) is 5.78 Å². The fourth-order valence-electron chi connectivity index (χ4n) is 2.13. The first-order valence-electron chi connectivity index (χ1n) is 6.31. The van der Waals surface area contributed by atoms with Gasteiger partial charge < -0.3 is 0 Å². The third-order valence-corrected chi connectivity index (χ3v) is 4.31. The number of aromatic nitrogens is 2. The zero-order valence-corrected chi connectivity index (χ0v) is 11.8. The van der Waals surface area contributed by atoms with Crippen LogP contribution in [0.3, 0.4) is 0 Å². The fourth-order valence-corrected chi connectivity index (χ4v) is 3.14. The molecule has 3 rings (SSSR count). The van der Waals surface area contributed by atoms with E-state index in [-0.39, 0.29) is 11.6 Å². The number of carbonyl (C=O) groups excluding carboxylic acids is 1. The summed E-state index contributed by atoms with van der Waals surface area (Å²) in [7, 11) is 1.85. The summed E-state index contributed by atoms with van der Waals surface area (Å²) in [5, 5.41) is 4.87. The first kappa shape index (κ1) is 13.0. The number of thiophene rings is 1. The van der Waals surface area contributed by atoms with Crippen LogP contribution in [-0.4, -0.2) is 15.6 Å². The predicted octanol–water partition coefficient (Wildman–Crippen LogP) is 3.59. The number of carbonyl (C=O) groups is 1. The molecule has 0 bridgehead atoms. The molecule has 0 amide bonds. The Balaban J connectivity index is 1.75. The van der Waals surface area contributed by atoms with Crippen LogP contribution in [0.1, 0.15) is 21.7 Å². The Morgan fingerprint density at radius 2 is 2.25 bits per heavy atom. The molecule has 0 spiro atoms. The van der Waals surface area contributed by atoms with E-state index in [0.29, 0.717) is 17.7 Å². The summed E-state index contributed by atoms with van der Waals surface area (Å²) in [6.07, 6.45) is 4.80. The van der Waals surface area contributed by atoms with E-state index in [1.165, 1.54) is 23.5 Å². The van der Waals surface area contributed by atoms with Crippen molar-refractivity contribution < 1.29 is 9.18 Å². The highest BCUT2D eigenvalue weighted by Crippen LogP contribution is 2.27. The van der Waals surface area contributed by atoms with Gasteiger partial charge >= 0.3 is 0 Å². The molecule has 2 heterocycles. The normalized spacial score (nSPS) is 11.1. The molecule has 0 aliphatic carbocycles. The zero-order chi connectivity index (χ0) is 14.1. The second kappa shape index (κ2) is 5.17. The molecule has 0 saturated heterocycles. The van der Waals surface area contributed by atoms with Crippen molar-refractivity contribution in [2.75, 3.05) is 0 Å². The van der Waals surface area contributed by atoms with Crippen LogP contribution >= 0.6 is 11.3 Å². The van der Waals surface area contributed by atoms with E-state index in [2.05, 4.69) is 5.10 Å². The molecule has 0 saturated carbocycles. The summed E-state index contributed by atoms with van der Waals surface area (Å²) in [6, 6.07) is 6.37. The SMILES string of the molecule is Cn1cc(CCC(=O)c2cc3cc(F)ccc3s2)cn1. The van der Waals surface area contributed by atoms with Crippen LogP contribution in [0.15, 0.2) is 36.7 Å². The van der Waals surface area contributed by atoms with Crippen LogP contribution in [0.25, 0.3) is 10.1 Å². The van der Waals surface area contributed by atoms with Crippen LogP contribution in [-0.2, 0) is 13.5 Å². The first-order valence-corrected chi connectivity index (χ1v) is 7.13. The van der Waals surface area contributed by atoms with Crippen molar-refractivity contribution in [3.8, 4) is 0 Å². The molecule has 0 radical (unpaired) electrons. The lowest BCUT2D eigenvalue weighted by Crippen LogP contribution is -1.98. The maximum Gasteiger partial charge on any atom is 0.173 e. The van der Waals surface area contributed by atoms with Crippen LogP contribution in [0.2, 0.25) is 0 Å². The minimum absolute atomic E-state index is 0.0930. The molecule has 0 aliphatic heterocycles. The van der Waals surface area contributed by atoms with Gasteiger partial charge in [0.05, 0.1) is 11.1 Å². The van der Waals surface area contributed by atoms with E-state index < -0.39 is 0 Å². The summed E-state index contributed by atoms with van der Waals surface area (Å²) in [5.74, 6) is -0.180. The third-order valence-electron chi connectivity index (χ3n) is 3.15. The van der Waals surface area contributed by atoms with Gasteiger partial charge in [0.2, 0.25) is 0 Å². The van der Waals surface area contributed by atoms with Crippen LogP contribution in [0.5, 0.6) is 0 Å². The van der Waals surface area contributed by atoms with Crippen LogP contribution < -0.4 is 0 Å². The molecule has 0 aliphatic rings. The highest BCUT2D eigenvalue weighted by molar-refractivity contribution is 7.20. The van der Waals surface area contributed by atoms with Crippen molar-refractivity contribution in [3.63, 3.8) is 0 Å². The Kier molecular flexibility index (Phi) is 3.36. The monoisotopic (exact) mass is 288 g/mol. The summed E-state index contributed by atoms with van der Waals surface area (Å²) in [5.41, 5.74) is 1.05. The molecular weight excluding hydrogens is 275 g/mol. The maximum absolute atomic E-state index is 13.1. The number of halogens is 1. The molecule has 0 atom stereocenters. The van der Waals surface area contributed by atoms with E-state index in [0.717, 1.165) is 15.6 Å². The molecule has 2 aromatic heterocycles. The number of fused-ring (bicyclic) bond motifs is 1. The number of aryl methyl sites for hydroxylation is 2. The Bertz CT molecular complexity index is 775. The van der Waals surface area contributed by atoms with Crippen molar-refractivity contribution in [1.29, 1.82) is 0 Å². The first-order chi connectivity index (χ1) is 9.61. The number of hydrogen-bond acceptors (Lipinski definition) is 3. The smallest absolute Gasteiger partial charge is 0.173 e. The molecule has 102 valence electrons. The van der Waals surface area contributed by atoms with E-state index in [4.69, 9.17) is 0 Å². The second-order valence-corrected chi connectivity index (χ2v) is 5.82. The fraction of sp³-hybridized carbons (Fsp3) is 0.200. The molecule has 20 heavy (non-hydrogen) atoms. The van der Waals surface area contributed by atoms with Gasteiger partial charge in [0.25, 0.3) is 0 Å². The molecular formula is C15H13FN2OS. The largest absolute Gasteiger partial charge is 0.293 e. The number of nitrogens with zero attached hydrogens (tertiary/aromatic N) is 2. The van der Waals surface area contributed by atoms with Crippen molar-refractivity contribution in [2.24, 2.45) is 7.05 Å². The van der Waals surface area contributed by atoms with E-state index in [1.807, 2.05) is 13.2 Å². The molecule has 5 heteroatoms. The minimum atomic E-state index is -0.273. The number of hydrogen-bond donors (Lipinski definition) is 0. The maximum atomic E-state index is 13.1. The lowest BCUT2D eigenvalue weighted by molar-refractivity contribution is 0.0987. The zero-order valence-electron chi connectivity index (χ0n) is 11.0. The number of ketones is 1. The topological polar surface area (TPSA) is 34.9 Å². The summed E-state index contributed by atoms with van der Waals surface area (Å²) in [6.45, 7) is 0. The van der Waals surface area contributed by atoms with Gasteiger partial charge in [0, 0.05) is 24.4 Å². The van der Waals surface area contributed by atoms with Gasteiger partial charge in [-0.2, -0.15) is 5.10 Å². The molecule has 3 nitrogen and oxygen atoms in total. The van der Waals surface area contributed by atoms with Gasteiger partial charge in [-0.15, -0.1) is 11.3 Å². The number of rotatable bonds is 4. The summed E-state index contributed by atoms with van der Waals surface area (Å²) < 4.78 is 15.8. The standard InChI is InChI=1S/C15H13FN2OS/c1-18-9-10(8-17-18)2-4-13(19)15-7-11-6-12(16)3-5-14(11)20-15/h3,5-9H,2,4H2,1H3. The third kappa shape index (κ3) is 2.63. The number of benzene rings is 1. The lowest BCUT2D eigenvalue weighted by atomic mass is 10.1. The van der Waals surface area contributed by atoms with E-state index in [1.54, 1.807) is 23.0 Å². The molecule has 3 aromatic rings. The van der Waals surface area contributed by atoms with Gasteiger partial charge in [-0.25, -0.2) is 4.39 Å². The number of Topliss-reactive ketones (excluding diaryl/α,β-unsaturated/α-hetero) is 1. The highest BCUT2D eigenvalue weighted by atomic mass is 32.1. The lowest BCUT2D eigenvalue weighted by Gasteiger charge is -1.95. The van der Waals surface area contributed by atoms with Gasteiger partial charge in [-0.1, -0.05) is 0 Å². The Morgan fingerprint density at radius 3 is 3.00 bits per heavy atom. The minimum Gasteiger partial charge on any atom is -0.293 e. The van der Waals surface area contributed by atoms with Crippen LogP contribution in [0, 0.1) is 5.82 Å². The average Bonchev–Trinajstić information content (AvgIpc) is 3.01. The van der Waals surface area contributed by atoms with Crippen molar-refractivity contribution in [3.05, 3.63) is 52.9 Å². The van der Waals surface area contributed by atoms with Gasteiger partial charge in [0.1, 0.15) is 5.82 Å². The van der Waals surface area contributed by atoms with Crippen molar-refractivity contribution in [1.82, 2.24) is 9.78 Å². The van der Waals surface area contributed by atoms with Crippen molar-refractivity contribution in [2.45, 2.75) is 12.8 Å². The Labute approximate surface area is 119 Å². The molecule has 0 N–H and O–H groups in total. The quantitative estimate of drug-likeness (QED) is 0.688. The highest BCUT2D eigenvalue weighted by Gasteiger charge is 2.11. The molecule has 0 unspecified atom stereocenters. The van der Waals surface area contributed by atoms with Crippen LogP contribution in [0.4, 0.5) is 4.39 Å². The predicted molar refractivity (Wildman–Crippen MR) is 77.6 cm³/mol. The second-order valence-electron chi connectivity index (χ2n) is 4.74. The van der Waals surface area contributed by atoms with E-state index in [9.17, 15) is 9.18 Å². The summed E-state index contributed by atoms with van der Waals surface area (Å²) >= 11 is 1.42. The molecule has 1 aromatic carbocycles. The van der Waals surface area contributed by atoms with Gasteiger partial charge in [-0.05, 0) is 41.6 Å². The average molecular weight is 288 g/mol. The Hall–Kier alpha value is -2.01. The van der Waals surface area contributed by atoms with Gasteiger partial charge in [-0.3, -0.25) is 9.48 Å². The Morgan fingerprint density at radius 1 is 1.40 bits per heavy atom. The van der Waals surface area contributed by atoms with E-state index >= 15 is 0 Å².